The first-order valence-corrected chi connectivity index (χ1v) is 7.85. The SMILES string of the molecule is COC(=O)C(CC(C)C)N1CC(Oc2cccc(OC)c2)=CC1=O. The molecular weight excluding hydrogens is 310 g/mol. The molecule has 6 nitrogen and oxygen atoms in total. The molecule has 1 atom stereocenters. The second-order valence-electron chi connectivity index (χ2n) is 6.03. The van der Waals surface area contributed by atoms with Crippen LogP contribution in [0.2, 0.25) is 0 Å². The van der Waals surface area contributed by atoms with Crippen molar-refractivity contribution in [1.82, 2.24) is 4.90 Å². The largest absolute Gasteiger partial charge is 0.497 e. The monoisotopic (exact) mass is 333 g/mol. The normalized spacial score (nSPS) is 15.3. The van der Waals surface area contributed by atoms with Crippen LogP contribution in [0.1, 0.15) is 20.3 Å². The fraction of sp³-hybridized carbons (Fsp3) is 0.444. The summed E-state index contributed by atoms with van der Waals surface area (Å²) >= 11 is 0. The van der Waals surface area contributed by atoms with Gasteiger partial charge in [0.1, 0.15) is 23.3 Å². The van der Waals surface area contributed by atoms with Crippen molar-refractivity contribution in [3.05, 3.63) is 36.1 Å². The Morgan fingerprint density at radius 2 is 1.96 bits per heavy atom. The third-order valence-corrected chi connectivity index (χ3v) is 3.73. The number of esters is 1. The number of nitrogens with zero attached hydrogens (tertiary/aromatic N) is 1. The predicted molar refractivity (Wildman–Crippen MR) is 88.7 cm³/mol. The van der Waals surface area contributed by atoms with Gasteiger partial charge in [-0.15, -0.1) is 0 Å². The molecule has 130 valence electrons. The highest BCUT2D eigenvalue weighted by atomic mass is 16.5. The van der Waals surface area contributed by atoms with Gasteiger partial charge in [-0.2, -0.15) is 0 Å². The summed E-state index contributed by atoms with van der Waals surface area (Å²) in [5.41, 5.74) is 0. The zero-order valence-corrected chi connectivity index (χ0v) is 14.4. The number of carbonyl (C=O) groups is 2. The van der Waals surface area contributed by atoms with Gasteiger partial charge in [-0.3, -0.25) is 4.79 Å². The predicted octanol–water partition coefficient (Wildman–Crippen LogP) is 2.39. The van der Waals surface area contributed by atoms with Gasteiger partial charge in [0.15, 0.2) is 0 Å². The molecule has 1 aliphatic rings. The second-order valence-corrected chi connectivity index (χ2v) is 6.03. The van der Waals surface area contributed by atoms with Gasteiger partial charge in [-0.25, -0.2) is 4.79 Å². The fourth-order valence-electron chi connectivity index (χ4n) is 2.59. The maximum absolute atomic E-state index is 12.3. The van der Waals surface area contributed by atoms with Gasteiger partial charge in [0.05, 0.1) is 20.8 Å². The molecule has 24 heavy (non-hydrogen) atoms. The van der Waals surface area contributed by atoms with E-state index in [1.807, 2.05) is 19.9 Å². The summed E-state index contributed by atoms with van der Waals surface area (Å²) < 4.78 is 15.7. The van der Waals surface area contributed by atoms with Gasteiger partial charge in [-0.1, -0.05) is 19.9 Å². The molecule has 1 amide bonds. The number of methoxy groups -OCH3 is 2. The number of hydrogen-bond donors (Lipinski definition) is 0. The summed E-state index contributed by atoms with van der Waals surface area (Å²) in [6, 6.07) is 6.52. The highest BCUT2D eigenvalue weighted by molar-refractivity contribution is 5.94. The van der Waals surface area contributed by atoms with Crippen molar-refractivity contribution >= 4 is 11.9 Å². The summed E-state index contributed by atoms with van der Waals surface area (Å²) in [5.74, 6) is 1.34. The van der Waals surface area contributed by atoms with E-state index in [-0.39, 0.29) is 18.4 Å². The molecule has 0 radical (unpaired) electrons. The van der Waals surface area contributed by atoms with E-state index in [9.17, 15) is 9.59 Å². The van der Waals surface area contributed by atoms with Crippen molar-refractivity contribution in [2.45, 2.75) is 26.3 Å². The molecular formula is C18H23NO5. The van der Waals surface area contributed by atoms with Gasteiger partial charge >= 0.3 is 5.97 Å². The highest BCUT2D eigenvalue weighted by Gasteiger charge is 2.35. The number of amides is 1. The van der Waals surface area contributed by atoms with E-state index < -0.39 is 12.0 Å². The van der Waals surface area contributed by atoms with Crippen molar-refractivity contribution in [2.24, 2.45) is 5.92 Å². The van der Waals surface area contributed by atoms with Crippen LogP contribution in [0, 0.1) is 5.92 Å². The van der Waals surface area contributed by atoms with Crippen molar-refractivity contribution < 1.29 is 23.8 Å². The Balaban J connectivity index is 2.09. The van der Waals surface area contributed by atoms with Crippen LogP contribution in [0.15, 0.2) is 36.1 Å². The lowest BCUT2D eigenvalue weighted by Gasteiger charge is -2.27. The van der Waals surface area contributed by atoms with Crippen LogP contribution < -0.4 is 9.47 Å². The van der Waals surface area contributed by atoms with E-state index >= 15 is 0 Å². The van der Waals surface area contributed by atoms with Crippen molar-refractivity contribution in [3.8, 4) is 11.5 Å². The molecule has 0 saturated heterocycles. The Labute approximate surface area is 142 Å². The lowest BCUT2D eigenvalue weighted by atomic mass is 10.0. The summed E-state index contributed by atoms with van der Waals surface area (Å²) in [4.78, 5) is 25.8. The Bertz CT molecular complexity index is 638. The van der Waals surface area contributed by atoms with E-state index in [4.69, 9.17) is 14.2 Å². The Morgan fingerprint density at radius 3 is 2.58 bits per heavy atom. The van der Waals surface area contributed by atoms with Crippen LogP contribution in [0.3, 0.4) is 0 Å². The summed E-state index contributed by atoms with van der Waals surface area (Å²) in [5, 5.41) is 0. The van der Waals surface area contributed by atoms with Gasteiger partial charge in [-0.05, 0) is 24.5 Å². The Hall–Kier alpha value is -2.50. The van der Waals surface area contributed by atoms with Gasteiger partial charge in [0.2, 0.25) is 0 Å². The minimum atomic E-state index is -0.606. The van der Waals surface area contributed by atoms with Crippen molar-refractivity contribution in [2.75, 3.05) is 20.8 Å². The van der Waals surface area contributed by atoms with E-state index in [1.54, 1.807) is 25.3 Å². The van der Waals surface area contributed by atoms with Crippen LogP contribution in [0.4, 0.5) is 0 Å². The van der Waals surface area contributed by atoms with Gasteiger partial charge < -0.3 is 19.1 Å². The van der Waals surface area contributed by atoms with Crippen molar-refractivity contribution in [1.29, 1.82) is 0 Å². The Morgan fingerprint density at radius 1 is 1.25 bits per heavy atom. The maximum Gasteiger partial charge on any atom is 0.328 e. The number of hydrogen-bond acceptors (Lipinski definition) is 5. The highest BCUT2D eigenvalue weighted by Crippen LogP contribution is 2.25. The molecule has 1 aromatic carbocycles. The Kier molecular flexibility index (Phi) is 5.84. The van der Waals surface area contributed by atoms with E-state index in [0.29, 0.717) is 23.7 Å². The molecule has 0 saturated carbocycles. The number of ether oxygens (including phenoxy) is 3. The van der Waals surface area contributed by atoms with E-state index in [0.717, 1.165) is 0 Å². The first kappa shape index (κ1) is 17.8. The van der Waals surface area contributed by atoms with Crippen LogP contribution in [-0.4, -0.2) is 43.6 Å². The molecule has 1 aliphatic heterocycles. The fourth-order valence-corrected chi connectivity index (χ4v) is 2.59. The molecule has 0 N–H and O–H groups in total. The minimum Gasteiger partial charge on any atom is -0.497 e. The lowest BCUT2D eigenvalue weighted by Crippen LogP contribution is -2.44. The maximum atomic E-state index is 12.3. The topological polar surface area (TPSA) is 65.1 Å². The lowest BCUT2D eigenvalue weighted by molar-refractivity contribution is -0.151. The number of carbonyl (C=O) groups excluding carboxylic acids is 2. The smallest absolute Gasteiger partial charge is 0.328 e. The molecule has 1 aromatic rings. The van der Waals surface area contributed by atoms with Crippen LogP contribution in [0.25, 0.3) is 0 Å². The molecule has 0 aliphatic carbocycles. The zero-order chi connectivity index (χ0) is 17.7. The summed E-state index contributed by atoms with van der Waals surface area (Å²) in [6.07, 6.45) is 1.95. The molecule has 6 heteroatoms. The molecule has 0 bridgehead atoms. The molecule has 0 spiro atoms. The zero-order valence-electron chi connectivity index (χ0n) is 14.4. The molecule has 0 aromatic heterocycles. The van der Waals surface area contributed by atoms with Crippen LogP contribution in [0.5, 0.6) is 11.5 Å². The first-order valence-electron chi connectivity index (χ1n) is 7.85. The second kappa shape index (κ2) is 7.86. The van der Waals surface area contributed by atoms with Crippen LogP contribution >= 0.6 is 0 Å². The van der Waals surface area contributed by atoms with Gasteiger partial charge in [0, 0.05) is 12.1 Å². The van der Waals surface area contributed by atoms with E-state index in [2.05, 4.69) is 0 Å². The van der Waals surface area contributed by atoms with Crippen molar-refractivity contribution in [3.63, 3.8) is 0 Å². The van der Waals surface area contributed by atoms with Crippen LogP contribution in [-0.2, 0) is 14.3 Å². The van der Waals surface area contributed by atoms with E-state index in [1.165, 1.54) is 18.1 Å². The molecule has 1 heterocycles. The quantitative estimate of drug-likeness (QED) is 0.717. The third kappa shape index (κ3) is 4.28. The first-order chi connectivity index (χ1) is 11.4. The molecule has 0 fully saturated rings. The number of rotatable bonds is 7. The molecule has 2 rings (SSSR count). The standard InChI is InChI=1S/C18H23NO5/c1-12(2)8-16(18(21)23-4)19-11-15(10-17(19)20)24-14-7-5-6-13(9-14)22-3/h5-7,9-10,12,16H,8,11H2,1-4H3. The molecule has 1 unspecified atom stereocenters. The summed E-state index contributed by atoms with van der Waals surface area (Å²) in [7, 11) is 2.91. The average Bonchev–Trinajstić information content (AvgIpc) is 2.92. The minimum absolute atomic E-state index is 0.239. The number of benzene rings is 1. The summed E-state index contributed by atoms with van der Waals surface area (Å²) in [6.45, 7) is 4.23. The van der Waals surface area contributed by atoms with Gasteiger partial charge in [0.25, 0.3) is 5.91 Å². The third-order valence-electron chi connectivity index (χ3n) is 3.73. The average molecular weight is 333 g/mol.